The Morgan fingerprint density at radius 2 is 1.71 bits per heavy atom. The Morgan fingerprint density at radius 1 is 1.03 bits per heavy atom. The molecule has 0 fully saturated rings. The second kappa shape index (κ2) is 11.2. The Bertz CT molecular complexity index is 1280. The van der Waals surface area contributed by atoms with Crippen molar-refractivity contribution >= 4 is 52.5 Å². The van der Waals surface area contributed by atoms with Crippen molar-refractivity contribution in [2.45, 2.75) is 6.92 Å². The number of rotatable bonds is 7. The Balaban J connectivity index is 1.69. The van der Waals surface area contributed by atoms with Crippen LogP contribution in [0.3, 0.4) is 0 Å². The number of amides is 2. The Kier molecular flexibility index (Phi) is 8.14. The normalized spacial score (nSPS) is 10.8. The molecule has 0 saturated carbocycles. The number of hydrogen-bond acceptors (Lipinski definition) is 5. The monoisotopic (exact) mass is 495 g/mol. The van der Waals surface area contributed by atoms with Gasteiger partial charge in [0, 0.05) is 11.4 Å². The number of anilines is 2. The summed E-state index contributed by atoms with van der Waals surface area (Å²) < 4.78 is 5.49. The number of ether oxygens (including phenoxy) is 1. The summed E-state index contributed by atoms with van der Waals surface area (Å²) >= 11 is 12.5. The number of halogens is 2. The molecule has 3 N–H and O–H groups in total. The lowest BCUT2D eigenvalue weighted by atomic mass is 10.1. The fourth-order valence-corrected chi connectivity index (χ4v) is 3.53. The van der Waals surface area contributed by atoms with E-state index < -0.39 is 5.91 Å². The van der Waals surface area contributed by atoms with E-state index in [1.165, 1.54) is 42.5 Å². The molecule has 0 heterocycles. The van der Waals surface area contributed by atoms with E-state index in [-0.39, 0.29) is 39.6 Å². The summed E-state index contributed by atoms with van der Waals surface area (Å²) in [4.78, 5) is 24.6. The second-order valence-corrected chi connectivity index (χ2v) is 8.01. The SMILES string of the molecule is Cc1cccc(NC(=O)COc2c(Cl)cc(/C=C(\C#N)C(=O)Nc3ccc(O)cc3)cc2Cl)c1. The first-order valence-corrected chi connectivity index (χ1v) is 10.7. The van der Waals surface area contributed by atoms with Gasteiger partial charge in [0.2, 0.25) is 0 Å². The van der Waals surface area contributed by atoms with Gasteiger partial charge in [0.15, 0.2) is 12.4 Å². The Hall–Kier alpha value is -3.99. The summed E-state index contributed by atoms with van der Waals surface area (Å²) in [6.45, 7) is 1.59. The molecule has 0 aliphatic rings. The molecule has 34 heavy (non-hydrogen) atoms. The van der Waals surface area contributed by atoms with Gasteiger partial charge >= 0.3 is 0 Å². The molecule has 0 bridgehead atoms. The van der Waals surface area contributed by atoms with Gasteiger partial charge in [-0.05, 0) is 72.7 Å². The third kappa shape index (κ3) is 6.75. The molecule has 9 heteroatoms. The Labute approximate surface area is 206 Å². The van der Waals surface area contributed by atoms with Crippen LogP contribution in [0.5, 0.6) is 11.5 Å². The van der Waals surface area contributed by atoms with Gasteiger partial charge in [0.1, 0.15) is 17.4 Å². The smallest absolute Gasteiger partial charge is 0.266 e. The first kappa shape index (κ1) is 24.6. The highest BCUT2D eigenvalue weighted by atomic mass is 35.5. The van der Waals surface area contributed by atoms with Crippen LogP contribution < -0.4 is 15.4 Å². The number of phenols is 1. The number of phenolic OH excluding ortho intramolecular Hbond substituents is 1. The van der Waals surface area contributed by atoms with Gasteiger partial charge in [-0.15, -0.1) is 0 Å². The molecule has 0 radical (unpaired) electrons. The highest BCUT2D eigenvalue weighted by Gasteiger charge is 2.14. The molecule has 172 valence electrons. The number of nitrogens with one attached hydrogen (secondary N) is 2. The number of aromatic hydroxyl groups is 1. The standard InChI is InChI=1S/C25H19Cl2N3O4/c1-15-3-2-4-19(9-15)29-23(32)14-34-24-21(26)11-16(12-22(24)27)10-17(13-28)25(33)30-18-5-7-20(31)8-6-18/h2-12,31H,14H2,1H3,(H,29,32)(H,30,33)/b17-10+. The van der Waals surface area contributed by atoms with Gasteiger partial charge in [0.25, 0.3) is 11.8 Å². The van der Waals surface area contributed by atoms with Gasteiger partial charge in [0.05, 0.1) is 10.0 Å². The first-order valence-electron chi connectivity index (χ1n) is 9.95. The van der Waals surface area contributed by atoms with Crippen molar-refractivity contribution in [1.82, 2.24) is 0 Å². The lowest BCUT2D eigenvalue weighted by Crippen LogP contribution is -2.20. The van der Waals surface area contributed by atoms with Crippen molar-refractivity contribution in [3.63, 3.8) is 0 Å². The highest BCUT2D eigenvalue weighted by molar-refractivity contribution is 6.37. The predicted molar refractivity (Wildman–Crippen MR) is 132 cm³/mol. The Morgan fingerprint density at radius 3 is 2.32 bits per heavy atom. The second-order valence-electron chi connectivity index (χ2n) is 7.19. The van der Waals surface area contributed by atoms with Gasteiger partial charge < -0.3 is 20.5 Å². The van der Waals surface area contributed by atoms with E-state index >= 15 is 0 Å². The summed E-state index contributed by atoms with van der Waals surface area (Å²) in [5.74, 6) is -0.881. The molecule has 3 aromatic rings. The minimum absolute atomic E-state index is 0.0493. The maximum Gasteiger partial charge on any atom is 0.266 e. The van der Waals surface area contributed by atoms with Crippen LogP contribution in [0.4, 0.5) is 11.4 Å². The van der Waals surface area contributed by atoms with Crippen molar-refractivity contribution < 1.29 is 19.4 Å². The minimum atomic E-state index is -0.645. The van der Waals surface area contributed by atoms with Crippen molar-refractivity contribution in [3.8, 4) is 17.6 Å². The molecule has 0 aliphatic carbocycles. The number of nitrogens with zero attached hydrogens (tertiary/aromatic N) is 1. The molecular weight excluding hydrogens is 477 g/mol. The zero-order valence-electron chi connectivity index (χ0n) is 17.9. The molecule has 3 aromatic carbocycles. The molecule has 0 spiro atoms. The van der Waals surface area contributed by atoms with E-state index in [0.717, 1.165) is 5.56 Å². The molecule has 0 saturated heterocycles. The van der Waals surface area contributed by atoms with Gasteiger partial charge in [-0.25, -0.2) is 0 Å². The van der Waals surface area contributed by atoms with E-state index in [1.54, 1.807) is 6.07 Å². The summed E-state index contributed by atoms with van der Waals surface area (Å²) in [5, 5.41) is 24.2. The molecule has 2 amide bonds. The van der Waals surface area contributed by atoms with Crippen LogP contribution >= 0.6 is 23.2 Å². The highest BCUT2D eigenvalue weighted by Crippen LogP contribution is 2.35. The average Bonchev–Trinajstić information content (AvgIpc) is 2.78. The maximum absolute atomic E-state index is 12.4. The van der Waals surface area contributed by atoms with Crippen molar-refractivity contribution in [3.05, 3.63) is 87.4 Å². The van der Waals surface area contributed by atoms with Crippen LogP contribution in [-0.4, -0.2) is 23.5 Å². The molecule has 0 unspecified atom stereocenters. The molecule has 7 nitrogen and oxygen atoms in total. The van der Waals surface area contributed by atoms with E-state index in [9.17, 15) is 20.0 Å². The number of carbonyl (C=O) groups is 2. The zero-order chi connectivity index (χ0) is 24.7. The van der Waals surface area contributed by atoms with Crippen molar-refractivity contribution in [2.24, 2.45) is 0 Å². The average molecular weight is 496 g/mol. The van der Waals surface area contributed by atoms with Gasteiger partial charge in [-0.3, -0.25) is 9.59 Å². The lowest BCUT2D eigenvalue weighted by Gasteiger charge is -2.12. The first-order chi connectivity index (χ1) is 16.2. The quantitative estimate of drug-likeness (QED) is 0.225. The maximum atomic E-state index is 12.4. The third-order valence-corrected chi connectivity index (χ3v) is 5.03. The summed E-state index contributed by atoms with van der Waals surface area (Å²) in [6, 6.07) is 17.9. The van der Waals surface area contributed by atoms with E-state index in [2.05, 4.69) is 10.6 Å². The van der Waals surface area contributed by atoms with E-state index in [1.807, 2.05) is 31.2 Å². The van der Waals surface area contributed by atoms with E-state index in [4.69, 9.17) is 27.9 Å². The fraction of sp³-hybridized carbons (Fsp3) is 0.0800. The number of carbonyl (C=O) groups excluding carboxylic acids is 2. The van der Waals surface area contributed by atoms with Crippen LogP contribution in [0, 0.1) is 18.3 Å². The molecule has 0 aliphatic heterocycles. The summed E-state index contributed by atoms with van der Waals surface area (Å²) in [6.07, 6.45) is 1.32. The van der Waals surface area contributed by atoms with Crippen LogP contribution in [0.1, 0.15) is 11.1 Å². The summed E-state index contributed by atoms with van der Waals surface area (Å²) in [5.41, 5.74) is 2.26. The van der Waals surface area contributed by atoms with E-state index in [0.29, 0.717) is 16.9 Å². The topological polar surface area (TPSA) is 111 Å². The molecular formula is C25H19Cl2N3O4. The third-order valence-electron chi connectivity index (χ3n) is 4.47. The predicted octanol–water partition coefficient (Wildman–Crippen LogP) is 5.57. The molecule has 3 rings (SSSR count). The van der Waals surface area contributed by atoms with Crippen LogP contribution in [0.25, 0.3) is 6.08 Å². The van der Waals surface area contributed by atoms with Crippen molar-refractivity contribution in [1.29, 1.82) is 5.26 Å². The minimum Gasteiger partial charge on any atom is -0.508 e. The van der Waals surface area contributed by atoms with Crippen molar-refractivity contribution in [2.75, 3.05) is 17.2 Å². The van der Waals surface area contributed by atoms with Crippen LogP contribution in [0.2, 0.25) is 10.0 Å². The zero-order valence-corrected chi connectivity index (χ0v) is 19.4. The number of hydrogen-bond donors (Lipinski definition) is 3. The fourth-order valence-electron chi connectivity index (χ4n) is 2.92. The van der Waals surface area contributed by atoms with Gasteiger partial charge in [-0.1, -0.05) is 35.3 Å². The van der Waals surface area contributed by atoms with Gasteiger partial charge in [-0.2, -0.15) is 5.26 Å². The summed E-state index contributed by atoms with van der Waals surface area (Å²) in [7, 11) is 0. The van der Waals surface area contributed by atoms with Crippen LogP contribution in [-0.2, 0) is 9.59 Å². The van der Waals surface area contributed by atoms with Crippen LogP contribution in [0.15, 0.2) is 66.2 Å². The number of aryl methyl sites for hydroxylation is 1. The number of nitriles is 1. The molecule has 0 atom stereocenters. The number of benzene rings is 3. The largest absolute Gasteiger partial charge is 0.508 e. The lowest BCUT2D eigenvalue weighted by molar-refractivity contribution is -0.118. The molecule has 0 aromatic heterocycles.